The van der Waals surface area contributed by atoms with Crippen LogP contribution in [0.25, 0.3) is 0 Å². The topological polar surface area (TPSA) is 59.5 Å². The molecule has 8 heteroatoms. The number of thiazole rings is 1. The average Bonchev–Trinajstić information content (AvgIpc) is 2.86. The fourth-order valence-corrected chi connectivity index (χ4v) is 4.22. The number of nitrogens with zero attached hydrogens (tertiary/aromatic N) is 2. The highest BCUT2D eigenvalue weighted by Gasteiger charge is 2.38. The summed E-state index contributed by atoms with van der Waals surface area (Å²) in [4.78, 5) is 4.21. The lowest BCUT2D eigenvalue weighted by molar-refractivity contribution is 0.0759. The Morgan fingerprint density at radius 1 is 1.40 bits per heavy atom. The van der Waals surface area contributed by atoms with Crippen molar-refractivity contribution in [3.8, 4) is 5.19 Å². The Balaban J connectivity index is 1.67. The third-order valence-corrected chi connectivity index (χ3v) is 5.65. The highest BCUT2D eigenvalue weighted by Crippen LogP contribution is 2.26. The minimum atomic E-state index is -3.48. The lowest BCUT2D eigenvalue weighted by Gasteiger charge is -2.37. The molecule has 0 atom stereocenters. The van der Waals surface area contributed by atoms with E-state index in [0.29, 0.717) is 23.3 Å². The monoisotopic (exact) mass is 330 g/mol. The van der Waals surface area contributed by atoms with Crippen LogP contribution in [0, 0.1) is 0 Å². The van der Waals surface area contributed by atoms with Crippen LogP contribution in [-0.4, -0.2) is 36.9 Å². The van der Waals surface area contributed by atoms with Gasteiger partial charge in [-0.25, -0.2) is 13.4 Å². The molecule has 0 aliphatic carbocycles. The lowest BCUT2D eigenvalue weighted by Crippen LogP contribution is -2.55. The molecule has 0 bridgehead atoms. The smallest absolute Gasteiger partial charge is 0.273 e. The number of ether oxygens (including phenoxy) is 1. The number of sulfonamides is 1. The largest absolute Gasteiger partial charge is 0.464 e. The zero-order chi connectivity index (χ0) is 14.2. The summed E-state index contributed by atoms with van der Waals surface area (Å²) in [6.45, 7) is 0.656. The van der Waals surface area contributed by atoms with Crippen LogP contribution >= 0.6 is 22.9 Å². The highest BCUT2D eigenvalue weighted by atomic mass is 35.5. The molecule has 1 aliphatic rings. The van der Waals surface area contributed by atoms with Crippen LogP contribution in [0.1, 0.15) is 0 Å². The van der Waals surface area contributed by atoms with Crippen LogP contribution < -0.4 is 4.74 Å². The number of benzene rings is 1. The minimum Gasteiger partial charge on any atom is -0.464 e. The summed E-state index contributed by atoms with van der Waals surface area (Å²) in [6, 6.07) is 6.26. The Kier molecular flexibility index (Phi) is 3.68. The summed E-state index contributed by atoms with van der Waals surface area (Å²) in [5.74, 6) is 0. The Morgan fingerprint density at radius 3 is 2.85 bits per heavy atom. The summed E-state index contributed by atoms with van der Waals surface area (Å²) in [6.07, 6.45) is 1.51. The molecule has 1 fully saturated rings. The zero-order valence-electron chi connectivity index (χ0n) is 10.3. The molecule has 0 unspecified atom stereocenters. The van der Waals surface area contributed by atoms with Gasteiger partial charge in [-0.15, -0.1) is 0 Å². The van der Waals surface area contributed by atoms with Gasteiger partial charge in [-0.1, -0.05) is 29.0 Å². The van der Waals surface area contributed by atoms with Gasteiger partial charge in [-0.2, -0.15) is 4.31 Å². The Morgan fingerprint density at radius 2 is 2.20 bits per heavy atom. The van der Waals surface area contributed by atoms with Crippen molar-refractivity contribution in [3.05, 3.63) is 40.9 Å². The highest BCUT2D eigenvalue weighted by molar-refractivity contribution is 7.89. The van der Waals surface area contributed by atoms with Gasteiger partial charge in [-0.3, -0.25) is 0 Å². The molecule has 2 heterocycles. The third kappa shape index (κ3) is 2.67. The van der Waals surface area contributed by atoms with Gasteiger partial charge >= 0.3 is 0 Å². The van der Waals surface area contributed by atoms with Crippen LogP contribution in [0.5, 0.6) is 5.19 Å². The predicted molar refractivity (Wildman–Crippen MR) is 76.7 cm³/mol. The van der Waals surface area contributed by atoms with Crippen molar-refractivity contribution < 1.29 is 13.2 Å². The van der Waals surface area contributed by atoms with Crippen molar-refractivity contribution in [2.45, 2.75) is 11.0 Å². The third-order valence-electron chi connectivity index (χ3n) is 2.93. The van der Waals surface area contributed by atoms with E-state index in [1.54, 1.807) is 18.3 Å². The lowest BCUT2D eigenvalue weighted by atomic mass is 10.2. The van der Waals surface area contributed by atoms with Gasteiger partial charge in [0.1, 0.15) is 6.10 Å². The molecular weight excluding hydrogens is 320 g/mol. The SMILES string of the molecule is O=S(=O)(c1cccc(Cl)c1)N1CC(Oc2nccs2)C1. The summed E-state index contributed by atoms with van der Waals surface area (Å²) in [5, 5.41) is 2.78. The van der Waals surface area contributed by atoms with Crippen LogP contribution in [0.2, 0.25) is 5.02 Å². The summed E-state index contributed by atoms with van der Waals surface area (Å²) in [7, 11) is -3.48. The molecule has 0 spiro atoms. The van der Waals surface area contributed by atoms with Gasteiger partial charge in [-0.05, 0) is 18.2 Å². The van der Waals surface area contributed by atoms with Gasteiger partial charge in [0.15, 0.2) is 0 Å². The maximum absolute atomic E-state index is 12.3. The van der Waals surface area contributed by atoms with Crippen molar-refractivity contribution in [2.75, 3.05) is 13.1 Å². The molecular formula is C12H11ClN2O3S2. The van der Waals surface area contributed by atoms with E-state index in [2.05, 4.69) is 4.98 Å². The Bertz CT molecular complexity index is 697. The second-order valence-corrected chi connectivity index (χ2v) is 7.55. The second-order valence-electron chi connectivity index (χ2n) is 4.32. The molecule has 5 nitrogen and oxygen atoms in total. The molecule has 0 amide bonds. The van der Waals surface area contributed by atoms with E-state index in [9.17, 15) is 8.42 Å². The summed E-state index contributed by atoms with van der Waals surface area (Å²) in [5.41, 5.74) is 0. The fraction of sp³-hybridized carbons (Fsp3) is 0.250. The van der Waals surface area contributed by atoms with Crippen LogP contribution in [0.15, 0.2) is 40.7 Å². The van der Waals surface area contributed by atoms with Crippen molar-refractivity contribution in [2.24, 2.45) is 0 Å². The van der Waals surface area contributed by atoms with Crippen molar-refractivity contribution in [1.82, 2.24) is 9.29 Å². The second kappa shape index (κ2) is 5.33. The molecule has 106 valence electrons. The molecule has 0 radical (unpaired) electrons. The Hall–Kier alpha value is -1.15. The molecule has 20 heavy (non-hydrogen) atoms. The van der Waals surface area contributed by atoms with E-state index in [-0.39, 0.29) is 11.0 Å². The van der Waals surface area contributed by atoms with E-state index < -0.39 is 10.0 Å². The van der Waals surface area contributed by atoms with Gasteiger partial charge in [0.05, 0.1) is 18.0 Å². The first-order valence-electron chi connectivity index (χ1n) is 5.87. The predicted octanol–water partition coefficient (Wildman–Crippen LogP) is 2.25. The molecule has 1 aliphatic heterocycles. The van der Waals surface area contributed by atoms with Gasteiger partial charge < -0.3 is 4.74 Å². The van der Waals surface area contributed by atoms with E-state index in [1.165, 1.54) is 27.8 Å². The van der Waals surface area contributed by atoms with E-state index in [1.807, 2.05) is 5.38 Å². The van der Waals surface area contributed by atoms with Gasteiger partial charge in [0.25, 0.3) is 5.19 Å². The average molecular weight is 331 g/mol. The summed E-state index contributed by atoms with van der Waals surface area (Å²) >= 11 is 7.21. The van der Waals surface area contributed by atoms with Gasteiger partial charge in [0.2, 0.25) is 10.0 Å². The molecule has 0 N–H and O–H groups in total. The van der Waals surface area contributed by atoms with Crippen molar-refractivity contribution in [1.29, 1.82) is 0 Å². The maximum Gasteiger partial charge on any atom is 0.273 e. The van der Waals surface area contributed by atoms with Crippen LogP contribution in [-0.2, 0) is 10.0 Å². The van der Waals surface area contributed by atoms with E-state index in [4.69, 9.17) is 16.3 Å². The number of hydrogen-bond donors (Lipinski definition) is 0. The molecule has 1 aromatic carbocycles. The molecule has 3 rings (SSSR count). The first-order valence-corrected chi connectivity index (χ1v) is 8.57. The van der Waals surface area contributed by atoms with Crippen molar-refractivity contribution >= 4 is 33.0 Å². The molecule has 0 saturated carbocycles. The number of rotatable bonds is 4. The van der Waals surface area contributed by atoms with Crippen molar-refractivity contribution in [3.63, 3.8) is 0 Å². The minimum absolute atomic E-state index is 0.143. The molecule has 2 aromatic rings. The van der Waals surface area contributed by atoms with E-state index >= 15 is 0 Å². The first-order chi connectivity index (χ1) is 9.55. The first kappa shape index (κ1) is 13.8. The summed E-state index contributed by atoms with van der Waals surface area (Å²) < 4.78 is 31.5. The number of hydrogen-bond acceptors (Lipinski definition) is 5. The zero-order valence-corrected chi connectivity index (χ0v) is 12.7. The van der Waals surface area contributed by atoms with Gasteiger partial charge in [0, 0.05) is 16.6 Å². The quantitative estimate of drug-likeness (QED) is 0.862. The molecule has 1 aromatic heterocycles. The van der Waals surface area contributed by atoms with Crippen LogP contribution in [0.4, 0.5) is 0 Å². The van der Waals surface area contributed by atoms with Crippen LogP contribution in [0.3, 0.4) is 0 Å². The molecule has 1 saturated heterocycles. The number of aromatic nitrogens is 1. The fourth-order valence-electron chi connectivity index (χ4n) is 1.86. The normalized spacial score (nSPS) is 16.9. The number of halogens is 1. The maximum atomic E-state index is 12.3. The standard InChI is InChI=1S/C12H11ClN2O3S2/c13-9-2-1-3-11(6-9)20(16,17)15-7-10(8-15)18-12-14-4-5-19-12/h1-6,10H,7-8H2. The Labute approximate surface area is 125 Å². The van der Waals surface area contributed by atoms with E-state index in [0.717, 1.165) is 0 Å².